The number of imide groups is 1. The number of sulfonamides is 1. The molecule has 0 aliphatic carbocycles. The van der Waals surface area contributed by atoms with Crippen LogP contribution in [0.25, 0.3) is 0 Å². The molecule has 2 saturated heterocycles. The second kappa shape index (κ2) is 6.44. The van der Waals surface area contributed by atoms with Gasteiger partial charge in [0, 0.05) is 13.1 Å². The fourth-order valence-electron chi connectivity index (χ4n) is 3.26. The van der Waals surface area contributed by atoms with Crippen molar-refractivity contribution in [1.82, 2.24) is 20.3 Å². The van der Waals surface area contributed by atoms with Crippen molar-refractivity contribution < 1.29 is 22.8 Å². The van der Waals surface area contributed by atoms with E-state index in [-0.39, 0.29) is 24.3 Å². The van der Waals surface area contributed by atoms with Crippen LogP contribution in [0.4, 0.5) is 4.79 Å². The first kappa shape index (κ1) is 17.7. The van der Waals surface area contributed by atoms with E-state index in [0.29, 0.717) is 32.4 Å². The van der Waals surface area contributed by atoms with Crippen molar-refractivity contribution in [2.45, 2.75) is 31.7 Å². The number of urea groups is 1. The predicted octanol–water partition coefficient (Wildman–Crippen LogP) is -1.24. The molecule has 2 rings (SSSR count). The number of rotatable bonds is 5. The van der Waals surface area contributed by atoms with Crippen LogP contribution in [0, 0.1) is 5.92 Å². The highest BCUT2D eigenvalue weighted by molar-refractivity contribution is 7.88. The molecule has 0 unspecified atom stereocenters. The molecule has 1 atom stereocenters. The number of likely N-dealkylation sites (tertiary alicyclic amines) is 1. The van der Waals surface area contributed by atoms with Crippen LogP contribution in [0.1, 0.15) is 26.2 Å². The molecule has 3 N–H and O–H groups in total. The normalized spacial score (nSPS) is 26.1. The molecule has 2 fully saturated rings. The Bertz CT molecular complexity index is 612. The molecule has 0 aromatic rings. The van der Waals surface area contributed by atoms with Crippen molar-refractivity contribution in [2.24, 2.45) is 5.92 Å². The van der Waals surface area contributed by atoms with Gasteiger partial charge in [-0.25, -0.2) is 17.9 Å². The lowest BCUT2D eigenvalue weighted by molar-refractivity contribution is -0.132. The monoisotopic (exact) mass is 346 g/mol. The van der Waals surface area contributed by atoms with E-state index < -0.39 is 21.6 Å². The highest BCUT2D eigenvalue weighted by atomic mass is 32.2. The third-order valence-corrected chi connectivity index (χ3v) is 5.23. The molecule has 23 heavy (non-hydrogen) atoms. The number of nitrogens with one attached hydrogen (secondary N) is 3. The van der Waals surface area contributed by atoms with Gasteiger partial charge in [-0.2, -0.15) is 0 Å². The van der Waals surface area contributed by atoms with Crippen LogP contribution in [-0.4, -0.2) is 62.6 Å². The Hall–Kier alpha value is -1.68. The maximum atomic E-state index is 12.1. The third kappa shape index (κ3) is 3.81. The fraction of sp³-hybridized carbons (Fsp3) is 0.769. The molecule has 2 aliphatic rings. The zero-order chi connectivity index (χ0) is 17.3. The van der Waals surface area contributed by atoms with Gasteiger partial charge in [0.05, 0.1) is 12.8 Å². The molecule has 0 aromatic heterocycles. The van der Waals surface area contributed by atoms with E-state index in [9.17, 15) is 22.8 Å². The largest absolute Gasteiger partial charge is 0.342 e. The Morgan fingerprint density at radius 1 is 1.35 bits per heavy atom. The summed E-state index contributed by atoms with van der Waals surface area (Å²) < 4.78 is 24.2. The molecular formula is C13H22N4O5S. The summed E-state index contributed by atoms with van der Waals surface area (Å²) >= 11 is 0. The fourth-order valence-corrected chi connectivity index (χ4v) is 3.64. The molecule has 0 saturated carbocycles. The third-order valence-electron chi connectivity index (χ3n) is 4.56. The Morgan fingerprint density at radius 3 is 2.39 bits per heavy atom. The lowest BCUT2D eigenvalue weighted by Gasteiger charge is -2.40. The molecule has 2 heterocycles. The average molecular weight is 346 g/mol. The molecule has 10 heteroatoms. The zero-order valence-electron chi connectivity index (χ0n) is 13.2. The summed E-state index contributed by atoms with van der Waals surface area (Å²) in [4.78, 5) is 37.1. The number of nitrogens with zero attached hydrogens (tertiary/aromatic N) is 1. The minimum Gasteiger partial charge on any atom is -0.342 e. The number of piperidine rings is 1. The van der Waals surface area contributed by atoms with E-state index in [1.54, 1.807) is 4.90 Å². The maximum Gasteiger partial charge on any atom is 0.322 e. The van der Waals surface area contributed by atoms with Gasteiger partial charge >= 0.3 is 6.03 Å². The van der Waals surface area contributed by atoms with E-state index in [2.05, 4.69) is 15.4 Å². The van der Waals surface area contributed by atoms with Gasteiger partial charge in [0.25, 0.3) is 5.91 Å². The highest BCUT2D eigenvalue weighted by Crippen LogP contribution is 2.33. The first-order valence-electron chi connectivity index (χ1n) is 7.54. The summed E-state index contributed by atoms with van der Waals surface area (Å²) in [5, 5.41) is 5.01. The van der Waals surface area contributed by atoms with E-state index in [0.717, 1.165) is 6.26 Å². The molecule has 0 aromatic carbocycles. The van der Waals surface area contributed by atoms with Crippen molar-refractivity contribution >= 4 is 27.9 Å². The Labute approximate surface area is 135 Å². The molecule has 9 nitrogen and oxygen atoms in total. The summed E-state index contributed by atoms with van der Waals surface area (Å²) in [7, 11) is -3.41. The number of hydrogen-bond donors (Lipinski definition) is 3. The second-order valence-electron chi connectivity index (χ2n) is 5.98. The summed E-state index contributed by atoms with van der Waals surface area (Å²) in [5.41, 5.74) is -0.906. The molecule has 0 radical (unpaired) electrons. The standard InChI is InChI=1S/C13H22N4O5S/c1-3-13(11(19)15-12(20)16-13)9-4-6-17(7-5-9)10(18)8-14-23(2,21)22/h9,14H,3-8H2,1-2H3,(H2,15,16,19,20)/t13-/m1/s1. The maximum absolute atomic E-state index is 12.1. The van der Waals surface area contributed by atoms with Crippen LogP contribution < -0.4 is 15.4 Å². The topological polar surface area (TPSA) is 125 Å². The van der Waals surface area contributed by atoms with Crippen LogP contribution in [0.3, 0.4) is 0 Å². The Kier molecular flexibility index (Phi) is 4.95. The Balaban J connectivity index is 1.94. The van der Waals surface area contributed by atoms with Gasteiger partial charge in [-0.1, -0.05) is 6.92 Å². The molecule has 2 aliphatic heterocycles. The second-order valence-corrected chi connectivity index (χ2v) is 7.81. The van der Waals surface area contributed by atoms with Crippen LogP contribution in [0.2, 0.25) is 0 Å². The van der Waals surface area contributed by atoms with Crippen LogP contribution in [-0.2, 0) is 19.6 Å². The number of amides is 4. The van der Waals surface area contributed by atoms with Crippen LogP contribution in [0.5, 0.6) is 0 Å². The van der Waals surface area contributed by atoms with Crippen molar-refractivity contribution in [3.63, 3.8) is 0 Å². The summed E-state index contributed by atoms with van der Waals surface area (Å²) in [5.74, 6) is -0.654. The van der Waals surface area contributed by atoms with Gasteiger partial charge < -0.3 is 10.2 Å². The van der Waals surface area contributed by atoms with E-state index in [1.165, 1.54) is 0 Å². The quantitative estimate of drug-likeness (QED) is 0.537. The van der Waals surface area contributed by atoms with Crippen LogP contribution >= 0.6 is 0 Å². The van der Waals surface area contributed by atoms with Gasteiger partial charge in [-0.3, -0.25) is 14.9 Å². The van der Waals surface area contributed by atoms with Gasteiger partial charge in [0.1, 0.15) is 5.54 Å². The first-order valence-corrected chi connectivity index (χ1v) is 9.43. The smallest absolute Gasteiger partial charge is 0.322 e. The minimum absolute atomic E-state index is 0.0501. The highest BCUT2D eigenvalue weighted by Gasteiger charge is 2.51. The molecule has 0 bridgehead atoms. The van der Waals surface area contributed by atoms with Crippen LogP contribution in [0.15, 0.2) is 0 Å². The summed E-state index contributed by atoms with van der Waals surface area (Å²) in [6.07, 6.45) is 2.63. The zero-order valence-corrected chi connectivity index (χ0v) is 14.0. The molecular weight excluding hydrogens is 324 g/mol. The first-order chi connectivity index (χ1) is 10.7. The summed E-state index contributed by atoms with van der Waals surface area (Å²) in [6.45, 7) is 2.44. The van der Waals surface area contributed by atoms with Crippen molar-refractivity contribution in [3.05, 3.63) is 0 Å². The summed E-state index contributed by atoms with van der Waals surface area (Å²) in [6, 6.07) is -0.479. The van der Waals surface area contributed by atoms with E-state index in [4.69, 9.17) is 0 Å². The van der Waals surface area contributed by atoms with Gasteiger partial charge in [-0.15, -0.1) is 0 Å². The van der Waals surface area contributed by atoms with Gasteiger partial charge in [0.2, 0.25) is 15.9 Å². The van der Waals surface area contributed by atoms with Crippen molar-refractivity contribution in [3.8, 4) is 0 Å². The number of carbonyl (C=O) groups is 3. The lowest BCUT2D eigenvalue weighted by Crippen LogP contribution is -2.56. The average Bonchev–Trinajstić information content (AvgIpc) is 2.79. The van der Waals surface area contributed by atoms with E-state index in [1.807, 2.05) is 6.92 Å². The predicted molar refractivity (Wildman–Crippen MR) is 81.8 cm³/mol. The van der Waals surface area contributed by atoms with Crippen molar-refractivity contribution in [1.29, 1.82) is 0 Å². The van der Waals surface area contributed by atoms with Crippen molar-refractivity contribution in [2.75, 3.05) is 25.9 Å². The lowest BCUT2D eigenvalue weighted by atomic mass is 9.76. The number of hydrogen-bond acceptors (Lipinski definition) is 5. The van der Waals surface area contributed by atoms with Gasteiger partial charge in [-0.05, 0) is 25.2 Å². The number of carbonyl (C=O) groups excluding carboxylic acids is 3. The molecule has 4 amide bonds. The van der Waals surface area contributed by atoms with Gasteiger partial charge in [0.15, 0.2) is 0 Å². The van der Waals surface area contributed by atoms with E-state index >= 15 is 0 Å². The SMILES string of the molecule is CC[C@]1(C2CCN(C(=O)CNS(C)(=O)=O)CC2)NC(=O)NC1=O. The molecule has 0 spiro atoms. The minimum atomic E-state index is -3.41. The molecule has 130 valence electrons. The Morgan fingerprint density at radius 2 is 1.96 bits per heavy atom.